The van der Waals surface area contributed by atoms with E-state index in [-0.39, 0.29) is 0 Å². The van der Waals surface area contributed by atoms with Gasteiger partial charge >= 0.3 is 0 Å². The fraction of sp³-hybridized carbons (Fsp3) is 0. The van der Waals surface area contributed by atoms with Crippen LogP contribution in [0.5, 0.6) is 0 Å². The van der Waals surface area contributed by atoms with E-state index in [0.717, 1.165) is 99.8 Å². The molecule has 0 aliphatic carbocycles. The molecule has 10 rings (SSSR count). The summed E-state index contributed by atoms with van der Waals surface area (Å²) < 4.78 is 0. The minimum Gasteiger partial charge on any atom is -0.264 e. The van der Waals surface area contributed by atoms with Crippen LogP contribution in [0.25, 0.3) is 99.8 Å². The van der Waals surface area contributed by atoms with E-state index in [2.05, 4.69) is 162 Å². The molecule has 0 aliphatic rings. The van der Waals surface area contributed by atoms with Crippen molar-refractivity contribution < 1.29 is 0 Å². The molecule has 4 heteroatoms. The number of hydrogen-bond donors (Lipinski definition) is 0. The Bertz CT molecular complexity index is 2940. The van der Waals surface area contributed by atoms with Gasteiger partial charge in [-0.3, -0.25) is 15.0 Å². The molecule has 4 nitrogen and oxygen atoms in total. The molecule has 262 valence electrons. The Labute approximate surface area is 325 Å². The molecule has 0 amide bonds. The van der Waals surface area contributed by atoms with Gasteiger partial charge in [-0.2, -0.15) is 0 Å². The zero-order chi connectivity index (χ0) is 37.3. The lowest BCUT2D eigenvalue weighted by Gasteiger charge is -2.15. The summed E-state index contributed by atoms with van der Waals surface area (Å²) in [7, 11) is 0. The van der Waals surface area contributed by atoms with Crippen LogP contribution >= 0.6 is 0 Å². The van der Waals surface area contributed by atoms with E-state index >= 15 is 0 Å². The highest BCUT2D eigenvalue weighted by Gasteiger charge is 2.16. The summed E-state index contributed by atoms with van der Waals surface area (Å²) in [5.41, 5.74) is 17.2. The van der Waals surface area contributed by atoms with Crippen LogP contribution in [-0.2, 0) is 0 Å². The zero-order valence-electron chi connectivity index (χ0n) is 30.4. The Morgan fingerprint density at radius 2 is 0.768 bits per heavy atom. The highest BCUT2D eigenvalue weighted by molar-refractivity contribution is 6.12. The van der Waals surface area contributed by atoms with Gasteiger partial charge in [-0.1, -0.05) is 121 Å². The van der Waals surface area contributed by atoms with Crippen LogP contribution in [0, 0.1) is 0 Å². The molecule has 0 bridgehead atoms. The zero-order valence-corrected chi connectivity index (χ0v) is 30.4. The van der Waals surface area contributed by atoms with E-state index in [1.54, 1.807) is 0 Å². The molecular weight excluding hydrogens is 681 g/mol. The van der Waals surface area contributed by atoms with Crippen molar-refractivity contribution in [3.8, 4) is 78.0 Å². The van der Waals surface area contributed by atoms with Crippen LogP contribution in [-0.4, -0.2) is 19.9 Å². The number of aromatic nitrogens is 4. The third-order valence-corrected chi connectivity index (χ3v) is 10.5. The summed E-state index contributed by atoms with van der Waals surface area (Å²) in [6, 6.07) is 62.2. The maximum Gasteiger partial charge on any atom is 0.0978 e. The van der Waals surface area contributed by atoms with Gasteiger partial charge in [0.1, 0.15) is 0 Å². The van der Waals surface area contributed by atoms with Crippen LogP contribution in [0.4, 0.5) is 0 Å². The van der Waals surface area contributed by atoms with Gasteiger partial charge in [0.05, 0.1) is 16.7 Å². The lowest BCUT2D eigenvalue weighted by molar-refractivity contribution is 1.32. The molecule has 0 fully saturated rings. The molecule has 10 aromatic rings. The molecule has 0 atom stereocenters. The summed E-state index contributed by atoms with van der Waals surface area (Å²) in [5.74, 6) is 0. The molecule has 0 saturated heterocycles. The predicted molar refractivity (Wildman–Crippen MR) is 231 cm³/mol. The summed E-state index contributed by atoms with van der Waals surface area (Å²) in [5, 5.41) is 2.15. The van der Waals surface area contributed by atoms with Crippen LogP contribution in [0.2, 0.25) is 0 Å². The minimum atomic E-state index is 0.891. The fourth-order valence-corrected chi connectivity index (χ4v) is 7.71. The average Bonchev–Trinajstić information content (AvgIpc) is 3.29. The topological polar surface area (TPSA) is 51.6 Å². The summed E-state index contributed by atoms with van der Waals surface area (Å²) in [6.45, 7) is 0. The first kappa shape index (κ1) is 33.0. The van der Waals surface area contributed by atoms with E-state index in [1.165, 1.54) is 0 Å². The van der Waals surface area contributed by atoms with E-state index in [9.17, 15) is 0 Å². The Balaban J connectivity index is 1.11. The maximum atomic E-state index is 5.31. The van der Waals surface area contributed by atoms with Crippen molar-refractivity contribution in [2.24, 2.45) is 0 Å². The molecular formula is C52H34N4. The van der Waals surface area contributed by atoms with Crippen molar-refractivity contribution in [3.05, 3.63) is 207 Å². The van der Waals surface area contributed by atoms with Crippen molar-refractivity contribution in [1.82, 2.24) is 19.9 Å². The van der Waals surface area contributed by atoms with E-state index in [1.807, 2.05) is 55.2 Å². The Morgan fingerprint density at radius 3 is 1.38 bits per heavy atom. The molecule has 0 spiro atoms. The van der Waals surface area contributed by atoms with Gasteiger partial charge in [-0.05, 0) is 110 Å². The SMILES string of the molecule is c1ccc(-c2cc(-c3cccc(-c4cccc(-c5cc(-c6cccnc6)cc(-c6cccnc6)c5)c4)c3)c3ccc4c(-c5ccccc5)ccnc4c3n2)cc1. The Kier molecular flexibility index (Phi) is 8.47. The number of rotatable bonds is 7. The van der Waals surface area contributed by atoms with Gasteiger partial charge in [-0.15, -0.1) is 0 Å². The monoisotopic (exact) mass is 714 g/mol. The Hall–Kier alpha value is -7.56. The van der Waals surface area contributed by atoms with Gasteiger partial charge in [0.15, 0.2) is 0 Å². The standard InChI is InChI=1S/C52H34N4/c1-3-11-35(12-4-1)46-23-26-55-51-47(46)21-22-48-49(32-50(56-52(48)51)36-13-5-2-6-14-36)40-18-8-16-38(28-40)37-15-7-17-39(27-37)43-29-44(41-19-9-24-53-33-41)31-45(30-43)42-20-10-25-54-34-42/h1-34H. The van der Waals surface area contributed by atoms with Crippen molar-refractivity contribution >= 4 is 21.8 Å². The Morgan fingerprint density at radius 1 is 0.286 bits per heavy atom. The third kappa shape index (κ3) is 6.29. The summed E-state index contributed by atoms with van der Waals surface area (Å²) in [6.07, 6.45) is 9.36. The minimum absolute atomic E-state index is 0.891. The van der Waals surface area contributed by atoms with E-state index in [0.29, 0.717) is 0 Å². The van der Waals surface area contributed by atoms with Crippen molar-refractivity contribution in [3.63, 3.8) is 0 Å². The van der Waals surface area contributed by atoms with Crippen LogP contribution < -0.4 is 0 Å². The number of hydrogen-bond acceptors (Lipinski definition) is 4. The largest absolute Gasteiger partial charge is 0.264 e. The third-order valence-electron chi connectivity index (χ3n) is 10.5. The molecule has 0 aliphatic heterocycles. The smallest absolute Gasteiger partial charge is 0.0978 e. The molecule has 6 aromatic carbocycles. The molecule has 0 saturated carbocycles. The maximum absolute atomic E-state index is 5.31. The summed E-state index contributed by atoms with van der Waals surface area (Å²) >= 11 is 0. The quantitative estimate of drug-likeness (QED) is 0.154. The van der Waals surface area contributed by atoms with Gasteiger partial charge in [-0.25, -0.2) is 4.98 Å². The molecule has 4 aromatic heterocycles. The van der Waals surface area contributed by atoms with Gasteiger partial charge in [0.2, 0.25) is 0 Å². The van der Waals surface area contributed by atoms with E-state index in [4.69, 9.17) is 9.97 Å². The van der Waals surface area contributed by atoms with Crippen molar-refractivity contribution in [1.29, 1.82) is 0 Å². The first-order chi connectivity index (χ1) is 27.7. The predicted octanol–water partition coefficient (Wildman–Crippen LogP) is 13.2. The van der Waals surface area contributed by atoms with Crippen molar-refractivity contribution in [2.45, 2.75) is 0 Å². The fourth-order valence-electron chi connectivity index (χ4n) is 7.71. The number of pyridine rings is 4. The highest BCUT2D eigenvalue weighted by atomic mass is 14.8. The number of benzene rings is 6. The van der Waals surface area contributed by atoms with Gasteiger partial charge in [0.25, 0.3) is 0 Å². The van der Waals surface area contributed by atoms with Gasteiger partial charge in [0, 0.05) is 58.4 Å². The molecule has 4 heterocycles. The highest BCUT2D eigenvalue weighted by Crippen LogP contribution is 2.39. The second-order valence-electron chi connectivity index (χ2n) is 13.9. The second kappa shape index (κ2) is 14.3. The lowest BCUT2D eigenvalue weighted by Crippen LogP contribution is -1.94. The van der Waals surface area contributed by atoms with Crippen LogP contribution in [0.1, 0.15) is 0 Å². The van der Waals surface area contributed by atoms with Gasteiger partial charge < -0.3 is 0 Å². The summed E-state index contributed by atoms with van der Waals surface area (Å²) in [4.78, 5) is 19.1. The molecule has 0 N–H and O–H groups in total. The van der Waals surface area contributed by atoms with E-state index < -0.39 is 0 Å². The van der Waals surface area contributed by atoms with Crippen LogP contribution in [0.3, 0.4) is 0 Å². The first-order valence-corrected chi connectivity index (χ1v) is 18.8. The average molecular weight is 715 g/mol. The normalized spacial score (nSPS) is 11.2. The first-order valence-electron chi connectivity index (χ1n) is 18.8. The number of fused-ring (bicyclic) bond motifs is 3. The molecule has 0 unspecified atom stereocenters. The van der Waals surface area contributed by atoms with Crippen LogP contribution in [0.15, 0.2) is 207 Å². The second-order valence-corrected chi connectivity index (χ2v) is 13.9. The molecule has 0 radical (unpaired) electrons. The number of nitrogens with zero attached hydrogens (tertiary/aromatic N) is 4. The van der Waals surface area contributed by atoms with Crippen molar-refractivity contribution in [2.75, 3.05) is 0 Å². The lowest BCUT2D eigenvalue weighted by atomic mass is 9.91. The molecule has 56 heavy (non-hydrogen) atoms.